The minimum absolute atomic E-state index is 0.436. The van der Waals surface area contributed by atoms with Crippen molar-refractivity contribution in [1.82, 2.24) is 0 Å². The van der Waals surface area contributed by atoms with Crippen LogP contribution in [0.3, 0.4) is 0 Å². The van der Waals surface area contributed by atoms with Gasteiger partial charge in [-0.25, -0.2) is 0 Å². The smallest absolute Gasteiger partial charge is 0.316 e. The first kappa shape index (κ1) is 17.2. The van der Waals surface area contributed by atoms with Gasteiger partial charge in [0.2, 0.25) is 0 Å². The average molecular weight is 264 g/mol. The van der Waals surface area contributed by atoms with Crippen molar-refractivity contribution in [3.8, 4) is 0 Å². The highest BCUT2D eigenvalue weighted by atomic mass is 31.1. The van der Waals surface area contributed by atoms with Crippen molar-refractivity contribution >= 4 is 8.25 Å². The van der Waals surface area contributed by atoms with Gasteiger partial charge in [0, 0.05) is 0 Å². The van der Waals surface area contributed by atoms with Gasteiger partial charge in [0.05, 0.1) is 6.61 Å². The van der Waals surface area contributed by atoms with Crippen LogP contribution < -0.4 is 0 Å². The predicted octanol–water partition coefficient (Wildman–Crippen LogP) is 4.70. The molecule has 1 N–H and O–H groups in total. The fourth-order valence-corrected chi connectivity index (χ4v) is 2.24. The van der Waals surface area contributed by atoms with Crippen LogP contribution >= 0.6 is 8.25 Å². The number of unbranched alkanes of at least 4 members (excludes halogenated alkanes) is 10. The molecule has 0 radical (unpaired) electrons. The molecule has 0 rings (SSSR count). The minimum Gasteiger partial charge on any atom is -0.326 e. The summed E-state index contributed by atoms with van der Waals surface area (Å²) >= 11 is 0. The Labute approximate surface area is 107 Å². The standard InChI is InChI=1S/C13H29O3P/c1-2-3-4-5-6-7-8-9-10-11-12-13-16-17(14)15/h17H,2-13H2,1H3,(H,14,15). The third kappa shape index (κ3) is 16.1. The monoisotopic (exact) mass is 264 g/mol. The summed E-state index contributed by atoms with van der Waals surface area (Å²) in [5, 5.41) is 0. The van der Waals surface area contributed by atoms with Gasteiger partial charge in [-0.1, -0.05) is 71.1 Å². The first-order valence-corrected chi connectivity index (χ1v) is 8.39. The quantitative estimate of drug-likeness (QED) is 0.387. The highest BCUT2D eigenvalue weighted by Crippen LogP contribution is 2.16. The molecule has 0 amide bonds. The highest BCUT2D eigenvalue weighted by molar-refractivity contribution is 7.32. The lowest BCUT2D eigenvalue weighted by molar-refractivity contribution is 0.273. The van der Waals surface area contributed by atoms with E-state index in [1.54, 1.807) is 0 Å². The zero-order chi connectivity index (χ0) is 12.8. The van der Waals surface area contributed by atoms with E-state index in [9.17, 15) is 4.57 Å². The highest BCUT2D eigenvalue weighted by Gasteiger charge is 1.94. The van der Waals surface area contributed by atoms with Gasteiger partial charge in [-0.15, -0.1) is 0 Å². The van der Waals surface area contributed by atoms with E-state index in [2.05, 4.69) is 11.4 Å². The number of rotatable bonds is 13. The minimum atomic E-state index is -2.70. The molecule has 0 aromatic rings. The summed E-state index contributed by atoms with van der Waals surface area (Å²) < 4.78 is 14.9. The van der Waals surface area contributed by atoms with Crippen molar-refractivity contribution in [3.05, 3.63) is 0 Å². The molecule has 0 bridgehead atoms. The summed E-state index contributed by atoms with van der Waals surface area (Å²) in [5.74, 6) is 0. The molecule has 17 heavy (non-hydrogen) atoms. The largest absolute Gasteiger partial charge is 0.326 e. The first-order chi connectivity index (χ1) is 8.27. The van der Waals surface area contributed by atoms with E-state index in [0.29, 0.717) is 6.61 Å². The van der Waals surface area contributed by atoms with Crippen molar-refractivity contribution in [2.45, 2.75) is 77.6 Å². The van der Waals surface area contributed by atoms with E-state index in [4.69, 9.17) is 4.89 Å². The lowest BCUT2D eigenvalue weighted by Crippen LogP contribution is -1.87. The van der Waals surface area contributed by atoms with Gasteiger partial charge in [0.1, 0.15) is 0 Å². The van der Waals surface area contributed by atoms with Crippen molar-refractivity contribution < 1.29 is 14.0 Å². The molecule has 3 nitrogen and oxygen atoms in total. The Kier molecular flexibility index (Phi) is 14.3. The number of hydrogen-bond acceptors (Lipinski definition) is 2. The Morgan fingerprint density at radius 2 is 1.24 bits per heavy atom. The van der Waals surface area contributed by atoms with E-state index in [1.165, 1.54) is 57.8 Å². The lowest BCUT2D eigenvalue weighted by atomic mass is 10.1. The van der Waals surface area contributed by atoms with Gasteiger partial charge in [-0.2, -0.15) is 0 Å². The fourth-order valence-electron chi connectivity index (χ4n) is 1.93. The van der Waals surface area contributed by atoms with Crippen molar-refractivity contribution in [2.24, 2.45) is 0 Å². The number of hydrogen-bond donors (Lipinski definition) is 1. The van der Waals surface area contributed by atoms with Gasteiger partial charge in [0.15, 0.2) is 0 Å². The van der Waals surface area contributed by atoms with E-state index in [0.717, 1.165) is 12.8 Å². The second-order valence-corrected chi connectivity index (χ2v) is 5.47. The first-order valence-electron chi connectivity index (χ1n) is 7.13. The molecule has 0 saturated heterocycles. The van der Waals surface area contributed by atoms with E-state index in [1.807, 2.05) is 0 Å². The topological polar surface area (TPSA) is 46.5 Å². The molecule has 0 saturated carbocycles. The molecule has 0 aromatic heterocycles. The van der Waals surface area contributed by atoms with Gasteiger partial charge < -0.3 is 9.42 Å². The average Bonchev–Trinajstić information content (AvgIpc) is 2.30. The van der Waals surface area contributed by atoms with Crippen LogP contribution in [-0.2, 0) is 9.09 Å². The molecular formula is C13H29O3P. The zero-order valence-corrected chi connectivity index (χ0v) is 12.2. The summed E-state index contributed by atoms with van der Waals surface area (Å²) in [7, 11) is -2.70. The van der Waals surface area contributed by atoms with Crippen molar-refractivity contribution in [1.29, 1.82) is 0 Å². The van der Waals surface area contributed by atoms with Crippen LogP contribution in [0.25, 0.3) is 0 Å². The van der Waals surface area contributed by atoms with Crippen LogP contribution in [0.4, 0.5) is 0 Å². The van der Waals surface area contributed by atoms with Gasteiger partial charge in [-0.3, -0.25) is 4.57 Å². The van der Waals surface area contributed by atoms with E-state index in [-0.39, 0.29) is 0 Å². The Bertz CT molecular complexity index is 174. The predicted molar refractivity (Wildman–Crippen MR) is 73.6 cm³/mol. The molecule has 4 heteroatoms. The molecule has 0 aliphatic carbocycles. The summed E-state index contributed by atoms with van der Waals surface area (Å²) in [5.41, 5.74) is 0. The molecule has 0 aliphatic heterocycles. The lowest BCUT2D eigenvalue weighted by Gasteiger charge is -2.02. The van der Waals surface area contributed by atoms with Crippen LogP contribution in [0.5, 0.6) is 0 Å². The van der Waals surface area contributed by atoms with Crippen LogP contribution in [0, 0.1) is 0 Å². The summed E-state index contributed by atoms with van der Waals surface area (Å²) in [4.78, 5) is 8.44. The van der Waals surface area contributed by atoms with Gasteiger partial charge in [0.25, 0.3) is 0 Å². The Hall–Kier alpha value is 0.150. The molecule has 0 aliphatic rings. The van der Waals surface area contributed by atoms with E-state index < -0.39 is 8.25 Å². The molecular weight excluding hydrogens is 235 g/mol. The molecule has 0 aromatic carbocycles. The Morgan fingerprint density at radius 1 is 0.824 bits per heavy atom. The maximum absolute atomic E-state index is 10.2. The second-order valence-electron chi connectivity index (χ2n) is 4.65. The van der Waals surface area contributed by atoms with Gasteiger partial charge in [-0.05, 0) is 6.42 Å². The molecule has 1 unspecified atom stereocenters. The van der Waals surface area contributed by atoms with Crippen LogP contribution in [0.15, 0.2) is 0 Å². The maximum Gasteiger partial charge on any atom is 0.316 e. The summed E-state index contributed by atoms with van der Waals surface area (Å²) in [6, 6.07) is 0. The van der Waals surface area contributed by atoms with Crippen LogP contribution in [0.1, 0.15) is 77.6 Å². The van der Waals surface area contributed by atoms with Crippen molar-refractivity contribution in [2.75, 3.05) is 6.61 Å². The van der Waals surface area contributed by atoms with Crippen LogP contribution in [0.2, 0.25) is 0 Å². The molecule has 104 valence electrons. The Balaban J connectivity index is 2.91. The maximum atomic E-state index is 10.2. The van der Waals surface area contributed by atoms with Crippen LogP contribution in [-0.4, -0.2) is 11.5 Å². The zero-order valence-electron chi connectivity index (χ0n) is 11.2. The summed E-state index contributed by atoms with van der Waals surface area (Å²) in [6.45, 7) is 2.68. The second kappa shape index (κ2) is 14.2. The van der Waals surface area contributed by atoms with Crippen molar-refractivity contribution in [3.63, 3.8) is 0 Å². The molecule has 0 heterocycles. The molecule has 0 fully saturated rings. The fraction of sp³-hybridized carbons (Fsp3) is 1.00. The third-order valence-corrected chi connectivity index (χ3v) is 3.42. The molecule has 1 atom stereocenters. The Morgan fingerprint density at radius 3 is 1.65 bits per heavy atom. The molecule has 0 spiro atoms. The van der Waals surface area contributed by atoms with E-state index >= 15 is 0 Å². The third-order valence-electron chi connectivity index (χ3n) is 2.97. The van der Waals surface area contributed by atoms with Gasteiger partial charge >= 0.3 is 8.25 Å². The SMILES string of the molecule is CCCCCCCCCCCCCO[PH](=O)O. The normalized spacial score (nSPS) is 12.8. The summed E-state index contributed by atoms with van der Waals surface area (Å²) in [6.07, 6.45) is 14.1.